The third kappa shape index (κ3) is 5.58. The smallest absolute Gasteiger partial charge is 0.176 e. The fourth-order valence-corrected chi connectivity index (χ4v) is 2.09. The monoisotopic (exact) mass is 305 g/mol. The number of aromatic hydroxyl groups is 1. The van der Waals surface area contributed by atoms with Crippen LogP contribution in [0.25, 0.3) is 0 Å². The van der Waals surface area contributed by atoms with Gasteiger partial charge in [-0.3, -0.25) is 4.79 Å². The first-order valence-corrected chi connectivity index (χ1v) is 6.74. The van der Waals surface area contributed by atoms with Crippen molar-refractivity contribution in [2.75, 3.05) is 6.54 Å². The molecule has 0 aliphatic carbocycles. The van der Waals surface area contributed by atoms with Crippen LogP contribution >= 0.6 is 12.4 Å². The van der Waals surface area contributed by atoms with Crippen molar-refractivity contribution in [3.05, 3.63) is 65.7 Å². The molecular formula is C17H20ClNO2. The third-order valence-corrected chi connectivity index (χ3v) is 3.16. The molecule has 2 N–H and O–H groups in total. The van der Waals surface area contributed by atoms with Crippen LogP contribution in [0, 0.1) is 0 Å². The zero-order chi connectivity index (χ0) is 14.4. The molecule has 0 spiro atoms. The van der Waals surface area contributed by atoms with Crippen molar-refractivity contribution in [1.29, 1.82) is 0 Å². The highest BCUT2D eigenvalue weighted by Crippen LogP contribution is 2.11. The van der Waals surface area contributed by atoms with Crippen molar-refractivity contribution in [3.63, 3.8) is 0 Å². The molecule has 0 aliphatic rings. The normalized spacial score (nSPS) is 11.5. The first-order valence-electron chi connectivity index (χ1n) is 6.74. The minimum absolute atomic E-state index is 0. The molecule has 21 heavy (non-hydrogen) atoms. The van der Waals surface area contributed by atoms with Crippen molar-refractivity contribution < 1.29 is 9.90 Å². The van der Waals surface area contributed by atoms with E-state index in [1.807, 2.05) is 18.2 Å². The van der Waals surface area contributed by atoms with E-state index in [2.05, 4.69) is 24.4 Å². The molecule has 0 radical (unpaired) electrons. The quantitative estimate of drug-likeness (QED) is 0.806. The van der Waals surface area contributed by atoms with Crippen LogP contribution in [-0.2, 0) is 6.42 Å². The Balaban J connectivity index is 0.00000220. The summed E-state index contributed by atoms with van der Waals surface area (Å²) in [5.41, 5.74) is 1.78. The van der Waals surface area contributed by atoms with Crippen LogP contribution in [0.2, 0.25) is 0 Å². The van der Waals surface area contributed by atoms with Crippen LogP contribution in [0.15, 0.2) is 54.6 Å². The lowest BCUT2D eigenvalue weighted by Gasteiger charge is -2.13. The molecular weight excluding hydrogens is 286 g/mol. The van der Waals surface area contributed by atoms with E-state index in [4.69, 9.17) is 0 Å². The van der Waals surface area contributed by atoms with Crippen LogP contribution in [-0.4, -0.2) is 23.5 Å². The maximum absolute atomic E-state index is 12.0. The number of nitrogens with one attached hydrogen (secondary N) is 1. The highest BCUT2D eigenvalue weighted by molar-refractivity contribution is 5.97. The predicted molar refractivity (Wildman–Crippen MR) is 87.3 cm³/mol. The van der Waals surface area contributed by atoms with Crippen LogP contribution in [0.4, 0.5) is 0 Å². The van der Waals surface area contributed by atoms with Crippen LogP contribution in [0.5, 0.6) is 5.75 Å². The van der Waals surface area contributed by atoms with Gasteiger partial charge in [0, 0.05) is 11.6 Å². The number of halogens is 1. The second kappa shape index (κ2) is 8.45. The van der Waals surface area contributed by atoms with E-state index in [0.29, 0.717) is 5.56 Å². The van der Waals surface area contributed by atoms with Gasteiger partial charge in [0.05, 0.1) is 6.54 Å². The summed E-state index contributed by atoms with van der Waals surface area (Å²) in [4.78, 5) is 12.0. The SMILES string of the molecule is CC(Cc1ccccc1)NCC(=O)c1cccc(O)c1.Cl. The maximum Gasteiger partial charge on any atom is 0.176 e. The molecule has 0 fully saturated rings. The van der Waals surface area contributed by atoms with E-state index in [9.17, 15) is 9.90 Å². The van der Waals surface area contributed by atoms with E-state index in [-0.39, 0.29) is 36.5 Å². The Kier molecular flexibility index (Phi) is 6.92. The standard InChI is InChI=1S/C17H19NO2.ClH/c1-13(10-14-6-3-2-4-7-14)18-12-17(20)15-8-5-9-16(19)11-15;/h2-9,11,13,18-19H,10,12H2,1H3;1H. The molecule has 0 aromatic heterocycles. The Hall–Kier alpha value is -1.84. The van der Waals surface area contributed by atoms with Crippen LogP contribution in [0.3, 0.4) is 0 Å². The first kappa shape index (κ1) is 17.2. The maximum atomic E-state index is 12.0. The highest BCUT2D eigenvalue weighted by Gasteiger charge is 2.09. The number of Topliss-reactive ketones (excluding diaryl/α,β-unsaturated/α-hetero) is 1. The molecule has 2 aromatic carbocycles. The van der Waals surface area contributed by atoms with Gasteiger partial charge in [0.1, 0.15) is 5.75 Å². The van der Waals surface area contributed by atoms with Crippen LogP contribution in [0.1, 0.15) is 22.8 Å². The minimum Gasteiger partial charge on any atom is -0.508 e. The number of benzene rings is 2. The van der Waals surface area contributed by atoms with Crippen molar-refractivity contribution >= 4 is 18.2 Å². The predicted octanol–water partition coefficient (Wildman–Crippen LogP) is 3.22. The number of rotatable bonds is 6. The molecule has 0 aliphatic heterocycles. The number of phenolic OH excluding ortho intramolecular Hbond substituents is 1. The molecule has 1 unspecified atom stereocenters. The first-order chi connectivity index (χ1) is 9.65. The Bertz CT molecular complexity index is 572. The Morgan fingerprint density at radius 2 is 1.86 bits per heavy atom. The highest BCUT2D eigenvalue weighted by atomic mass is 35.5. The van der Waals surface area contributed by atoms with Crippen molar-refractivity contribution in [1.82, 2.24) is 5.32 Å². The number of carbonyl (C=O) groups excluding carboxylic acids is 1. The van der Waals surface area contributed by atoms with Gasteiger partial charge in [0.15, 0.2) is 5.78 Å². The molecule has 0 bridgehead atoms. The molecule has 3 nitrogen and oxygen atoms in total. The van der Waals surface area contributed by atoms with Gasteiger partial charge in [0.2, 0.25) is 0 Å². The summed E-state index contributed by atoms with van der Waals surface area (Å²) in [7, 11) is 0. The Morgan fingerprint density at radius 1 is 1.14 bits per heavy atom. The summed E-state index contributed by atoms with van der Waals surface area (Å²) in [5, 5.41) is 12.6. The van der Waals surface area contributed by atoms with Crippen LogP contribution < -0.4 is 5.32 Å². The van der Waals surface area contributed by atoms with Gasteiger partial charge in [-0.25, -0.2) is 0 Å². The summed E-state index contributed by atoms with van der Waals surface area (Å²) in [5.74, 6) is 0.106. The second-order valence-corrected chi connectivity index (χ2v) is 4.95. The fraction of sp³-hybridized carbons (Fsp3) is 0.235. The molecule has 2 aromatic rings. The molecule has 0 saturated heterocycles. The lowest BCUT2D eigenvalue weighted by Crippen LogP contribution is -2.33. The summed E-state index contributed by atoms with van der Waals surface area (Å²) >= 11 is 0. The number of carbonyl (C=O) groups is 1. The van der Waals surface area contributed by atoms with E-state index in [1.165, 1.54) is 11.6 Å². The molecule has 4 heteroatoms. The van der Waals surface area contributed by atoms with Gasteiger partial charge in [-0.1, -0.05) is 42.5 Å². The molecule has 1 atom stereocenters. The van der Waals surface area contributed by atoms with Crippen molar-refractivity contribution in [2.24, 2.45) is 0 Å². The summed E-state index contributed by atoms with van der Waals surface area (Å²) < 4.78 is 0. The van der Waals surface area contributed by atoms with Gasteiger partial charge < -0.3 is 10.4 Å². The van der Waals surface area contributed by atoms with Gasteiger partial charge in [-0.15, -0.1) is 12.4 Å². The Morgan fingerprint density at radius 3 is 2.52 bits per heavy atom. The lowest BCUT2D eigenvalue weighted by molar-refractivity contribution is 0.0987. The second-order valence-electron chi connectivity index (χ2n) is 4.95. The van der Waals surface area contributed by atoms with E-state index >= 15 is 0 Å². The van der Waals surface area contributed by atoms with Gasteiger partial charge in [-0.05, 0) is 31.0 Å². The average Bonchev–Trinajstić information content (AvgIpc) is 2.46. The summed E-state index contributed by atoms with van der Waals surface area (Å²) in [6, 6.07) is 16.8. The van der Waals surface area contributed by atoms with E-state index in [0.717, 1.165) is 6.42 Å². The molecule has 2 rings (SSSR count). The van der Waals surface area contributed by atoms with Crippen molar-refractivity contribution in [2.45, 2.75) is 19.4 Å². The van der Waals surface area contributed by atoms with E-state index < -0.39 is 0 Å². The number of hydrogen-bond donors (Lipinski definition) is 2. The largest absolute Gasteiger partial charge is 0.508 e. The molecule has 0 saturated carbocycles. The number of phenols is 1. The fourth-order valence-electron chi connectivity index (χ4n) is 2.09. The molecule has 112 valence electrons. The zero-order valence-corrected chi connectivity index (χ0v) is 12.8. The molecule has 0 amide bonds. The number of ketones is 1. The summed E-state index contributed by atoms with van der Waals surface area (Å²) in [6.45, 7) is 2.33. The van der Waals surface area contributed by atoms with Crippen molar-refractivity contribution in [3.8, 4) is 5.75 Å². The Labute approximate surface area is 131 Å². The number of hydrogen-bond acceptors (Lipinski definition) is 3. The topological polar surface area (TPSA) is 49.3 Å². The third-order valence-electron chi connectivity index (χ3n) is 3.16. The summed E-state index contributed by atoms with van der Waals surface area (Å²) in [6.07, 6.45) is 0.883. The average molecular weight is 306 g/mol. The zero-order valence-electron chi connectivity index (χ0n) is 12.0. The van der Waals surface area contributed by atoms with Gasteiger partial charge in [-0.2, -0.15) is 0 Å². The van der Waals surface area contributed by atoms with E-state index in [1.54, 1.807) is 18.2 Å². The minimum atomic E-state index is -0.0131. The molecule has 0 heterocycles. The van der Waals surface area contributed by atoms with Gasteiger partial charge in [0.25, 0.3) is 0 Å². The van der Waals surface area contributed by atoms with Gasteiger partial charge >= 0.3 is 0 Å². The lowest BCUT2D eigenvalue weighted by atomic mass is 10.1.